The third-order valence-electron chi connectivity index (χ3n) is 3.16. The zero-order valence-corrected chi connectivity index (χ0v) is 16.0. The van der Waals surface area contributed by atoms with Crippen molar-refractivity contribution in [1.82, 2.24) is 19.9 Å². The number of anilines is 1. The molecule has 3 aromatic heterocycles. The number of ether oxygens (including phenoxy) is 2. The van der Waals surface area contributed by atoms with Crippen LogP contribution in [0.5, 0.6) is 11.8 Å². The van der Waals surface area contributed by atoms with Gasteiger partial charge in [0, 0.05) is 11.6 Å². The number of hydrogen-bond acceptors (Lipinski definition) is 7. The molecule has 0 aromatic carbocycles. The highest BCUT2D eigenvalue weighted by molar-refractivity contribution is 9.10. The van der Waals surface area contributed by atoms with E-state index in [4.69, 9.17) is 21.1 Å². The van der Waals surface area contributed by atoms with Crippen LogP contribution in [0.15, 0.2) is 27.7 Å². The van der Waals surface area contributed by atoms with Gasteiger partial charge in [0.05, 0.1) is 14.2 Å². The fraction of sp³-hybridized carbons (Fsp3) is 0.154. The largest absolute Gasteiger partial charge is 0.480 e. The number of nitrogens with zero attached hydrogens (tertiary/aromatic N) is 3. The van der Waals surface area contributed by atoms with Crippen LogP contribution in [0.4, 0.5) is 5.95 Å². The second-order valence-electron chi connectivity index (χ2n) is 4.67. The summed E-state index contributed by atoms with van der Waals surface area (Å²) < 4.78 is 38.2. The van der Waals surface area contributed by atoms with Crippen LogP contribution in [-0.4, -0.2) is 42.6 Å². The van der Waals surface area contributed by atoms with Gasteiger partial charge < -0.3 is 14.5 Å². The molecule has 0 fully saturated rings. The molecule has 0 radical (unpaired) electrons. The third kappa shape index (κ3) is 3.34. The highest BCUT2D eigenvalue weighted by atomic mass is 79.9. The van der Waals surface area contributed by atoms with Gasteiger partial charge in [-0.15, -0.1) is 0 Å². The molecular formula is C13H11BrClN5O4S. The zero-order valence-electron chi connectivity index (χ0n) is 12.9. The average molecular weight is 449 g/mol. The summed E-state index contributed by atoms with van der Waals surface area (Å²) >= 11 is 9.02. The number of nitrogens with one attached hydrogen (secondary N) is 2. The molecular weight excluding hydrogens is 438 g/mol. The second-order valence-corrected chi connectivity index (χ2v) is 7.50. The lowest BCUT2D eigenvalue weighted by Gasteiger charge is -2.10. The van der Waals surface area contributed by atoms with Gasteiger partial charge in [-0.2, -0.15) is 9.97 Å². The van der Waals surface area contributed by atoms with Crippen molar-refractivity contribution >= 4 is 54.5 Å². The van der Waals surface area contributed by atoms with E-state index < -0.39 is 10.0 Å². The minimum Gasteiger partial charge on any atom is -0.480 e. The minimum absolute atomic E-state index is 0.0175. The molecule has 0 saturated heterocycles. The van der Waals surface area contributed by atoms with Crippen molar-refractivity contribution in [2.75, 3.05) is 18.9 Å². The molecule has 0 spiro atoms. The van der Waals surface area contributed by atoms with Crippen LogP contribution in [-0.2, 0) is 10.0 Å². The van der Waals surface area contributed by atoms with E-state index >= 15 is 0 Å². The molecule has 0 unspecified atom stereocenters. The quantitative estimate of drug-likeness (QED) is 0.576. The zero-order chi connectivity index (χ0) is 18.2. The molecule has 0 saturated carbocycles. The van der Waals surface area contributed by atoms with Crippen LogP contribution in [0, 0.1) is 0 Å². The number of sulfonamides is 1. The molecule has 3 rings (SSSR count). The van der Waals surface area contributed by atoms with Crippen LogP contribution in [0.3, 0.4) is 0 Å². The number of rotatable bonds is 5. The number of hydrogen-bond donors (Lipinski definition) is 2. The third-order valence-corrected chi connectivity index (χ3v) is 5.42. The number of H-pyrrole nitrogens is 1. The first-order chi connectivity index (χ1) is 11.9. The first-order valence-electron chi connectivity index (χ1n) is 6.67. The van der Waals surface area contributed by atoms with Crippen LogP contribution < -0.4 is 14.2 Å². The summed E-state index contributed by atoms with van der Waals surface area (Å²) in [7, 11) is -1.21. The van der Waals surface area contributed by atoms with Crippen LogP contribution >= 0.6 is 27.5 Å². The molecule has 0 aliphatic rings. The molecule has 0 bridgehead atoms. The van der Waals surface area contributed by atoms with Crippen molar-refractivity contribution in [3.05, 3.63) is 28.0 Å². The van der Waals surface area contributed by atoms with Crippen molar-refractivity contribution in [2.45, 2.75) is 4.90 Å². The van der Waals surface area contributed by atoms with E-state index in [1.807, 2.05) is 0 Å². The summed E-state index contributed by atoms with van der Waals surface area (Å²) in [6.45, 7) is 0. The van der Waals surface area contributed by atoms with Crippen molar-refractivity contribution < 1.29 is 17.9 Å². The van der Waals surface area contributed by atoms with Crippen molar-refractivity contribution in [1.29, 1.82) is 0 Å². The lowest BCUT2D eigenvalue weighted by atomic mass is 10.3. The summed E-state index contributed by atoms with van der Waals surface area (Å²) in [6.07, 6.45) is 1.31. The van der Waals surface area contributed by atoms with E-state index in [1.165, 1.54) is 26.5 Å². The van der Waals surface area contributed by atoms with E-state index in [0.717, 1.165) is 0 Å². The van der Waals surface area contributed by atoms with Gasteiger partial charge in [-0.25, -0.2) is 18.1 Å². The normalized spacial score (nSPS) is 11.5. The highest BCUT2D eigenvalue weighted by Crippen LogP contribution is 2.33. The minimum atomic E-state index is -3.99. The van der Waals surface area contributed by atoms with Gasteiger partial charge in [-0.05, 0) is 28.1 Å². The molecule has 12 heteroatoms. The van der Waals surface area contributed by atoms with E-state index in [9.17, 15) is 8.42 Å². The Hall–Kier alpha value is -2.11. The van der Waals surface area contributed by atoms with Gasteiger partial charge in [0.1, 0.15) is 20.2 Å². The first-order valence-corrected chi connectivity index (χ1v) is 9.33. The van der Waals surface area contributed by atoms with Gasteiger partial charge >= 0.3 is 0 Å². The fourth-order valence-electron chi connectivity index (χ4n) is 2.08. The van der Waals surface area contributed by atoms with Gasteiger partial charge in [0.15, 0.2) is 0 Å². The molecule has 0 aliphatic carbocycles. The topological polar surface area (TPSA) is 119 Å². The Bertz CT molecular complexity index is 1030. The fourth-order valence-corrected chi connectivity index (χ4v) is 3.83. The second kappa shape index (κ2) is 6.65. The van der Waals surface area contributed by atoms with Crippen LogP contribution in [0.1, 0.15) is 0 Å². The predicted octanol–water partition coefficient (Wildman–Crippen LogP) is 2.59. The lowest BCUT2D eigenvalue weighted by Crippen LogP contribution is -2.15. The monoisotopic (exact) mass is 447 g/mol. The van der Waals surface area contributed by atoms with E-state index in [-0.39, 0.29) is 27.8 Å². The molecule has 9 nitrogen and oxygen atoms in total. The molecule has 25 heavy (non-hydrogen) atoms. The Balaban J connectivity index is 2.04. The van der Waals surface area contributed by atoms with E-state index in [2.05, 4.69) is 40.6 Å². The predicted molar refractivity (Wildman–Crippen MR) is 94.7 cm³/mol. The summed E-state index contributed by atoms with van der Waals surface area (Å²) in [5.41, 5.74) is 0.347. The molecule has 0 atom stereocenters. The maximum Gasteiger partial charge on any atom is 0.266 e. The SMILES string of the molecule is COc1nc(NS(=O)(=O)c2c[nH]c3nc(Cl)ccc23)nc(OC)c1Br. The van der Waals surface area contributed by atoms with Crippen LogP contribution in [0.25, 0.3) is 11.0 Å². The molecule has 3 aromatic rings. The van der Waals surface area contributed by atoms with E-state index in [1.54, 1.807) is 6.07 Å². The van der Waals surface area contributed by atoms with Crippen molar-refractivity contribution in [2.24, 2.45) is 0 Å². The number of methoxy groups -OCH3 is 2. The van der Waals surface area contributed by atoms with Gasteiger partial charge in [0.25, 0.3) is 10.0 Å². The van der Waals surface area contributed by atoms with Gasteiger partial charge in [0.2, 0.25) is 17.7 Å². The number of halogens is 2. The smallest absolute Gasteiger partial charge is 0.266 e. The lowest BCUT2D eigenvalue weighted by molar-refractivity contribution is 0.368. The van der Waals surface area contributed by atoms with Gasteiger partial charge in [-0.1, -0.05) is 11.6 Å². The number of pyridine rings is 1. The molecule has 132 valence electrons. The average Bonchev–Trinajstić information content (AvgIpc) is 2.99. The summed E-state index contributed by atoms with van der Waals surface area (Å²) in [5, 5.41) is 0.630. The van der Waals surface area contributed by atoms with E-state index in [0.29, 0.717) is 15.5 Å². The van der Waals surface area contributed by atoms with Crippen molar-refractivity contribution in [3.8, 4) is 11.8 Å². The highest BCUT2D eigenvalue weighted by Gasteiger charge is 2.23. The number of fused-ring (bicyclic) bond motifs is 1. The summed E-state index contributed by atoms with van der Waals surface area (Å²) in [6, 6.07) is 3.05. The van der Waals surface area contributed by atoms with Crippen LogP contribution in [0.2, 0.25) is 5.15 Å². The Morgan fingerprint density at radius 2 is 1.80 bits per heavy atom. The Labute approximate surface area is 155 Å². The molecule has 0 aliphatic heterocycles. The maximum absolute atomic E-state index is 12.7. The summed E-state index contributed by atoms with van der Waals surface area (Å²) in [4.78, 5) is 14.8. The maximum atomic E-state index is 12.7. The van der Waals surface area contributed by atoms with Gasteiger partial charge in [-0.3, -0.25) is 0 Å². The van der Waals surface area contributed by atoms with Crippen molar-refractivity contribution in [3.63, 3.8) is 0 Å². The Morgan fingerprint density at radius 3 is 2.40 bits per heavy atom. The Kier molecular flexibility index (Phi) is 4.71. The number of aromatic nitrogens is 4. The number of aromatic amines is 1. The first kappa shape index (κ1) is 17.7. The summed E-state index contributed by atoms with van der Waals surface area (Å²) in [5.74, 6) is 0.0435. The molecule has 2 N–H and O–H groups in total. The molecule has 3 heterocycles. The standard InChI is InChI=1S/C13H11BrClN5O4S/c1-23-11-9(14)12(24-2)19-13(18-11)20-25(21,22)7-5-16-10-6(7)3-4-8(15)17-10/h3-5H,1-2H3,(H,16,17)(H,18,19,20). The Morgan fingerprint density at radius 1 is 1.16 bits per heavy atom. The molecule has 0 amide bonds.